The third-order valence-electron chi connectivity index (χ3n) is 2.15. The summed E-state index contributed by atoms with van der Waals surface area (Å²) in [6.07, 6.45) is 1.27. The Labute approximate surface area is 99.0 Å². The normalized spacial score (nSPS) is 10.6. The summed E-state index contributed by atoms with van der Waals surface area (Å²) < 4.78 is 1.38. The minimum atomic E-state index is -0.594. The molecule has 7 heteroatoms. The van der Waals surface area contributed by atoms with E-state index in [0.717, 1.165) is 0 Å². The standard InChI is InChI=1S/C10H16N4O3/c1-4-13-6-8(14(16)17)9(12-13)10(15)11-5-7(2)3/h6-7H,4-5H2,1-3H3,(H,11,15). The van der Waals surface area contributed by atoms with Gasteiger partial charge in [0.25, 0.3) is 5.91 Å². The lowest BCUT2D eigenvalue weighted by Crippen LogP contribution is -2.28. The van der Waals surface area contributed by atoms with E-state index in [1.165, 1.54) is 10.9 Å². The molecule has 0 aliphatic rings. The third kappa shape index (κ3) is 3.27. The molecule has 0 saturated carbocycles. The van der Waals surface area contributed by atoms with Gasteiger partial charge >= 0.3 is 5.69 Å². The number of aromatic nitrogens is 2. The van der Waals surface area contributed by atoms with Crippen molar-refractivity contribution >= 4 is 11.6 Å². The monoisotopic (exact) mass is 240 g/mol. The van der Waals surface area contributed by atoms with E-state index >= 15 is 0 Å². The molecule has 0 saturated heterocycles. The Hall–Kier alpha value is -1.92. The van der Waals surface area contributed by atoms with Crippen molar-refractivity contribution in [2.45, 2.75) is 27.3 Å². The molecule has 1 amide bonds. The number of nitrogens with one attached hydrogen (secondary N) is 1. The SMILES string of the molecule is CCn1cc([N+](=O)[O-])c(C(=O)NCC(C)C)n1. The molecule has 0 radical (unpaired) electrons. The van der Waals surface area contributed by atoms with E-state index in [4.69, 9.17) is 0 Å². The van der Waals surface area contributed by atoms with E-state index in [1.54, 1.807) is 6.92 Å². The van der Waals surface area contributed by atoms with Crippen molar-refractivity contribution in [3.63, 3.8) is 0 Å². The summed E-state index contributed by atoms with van der Waals surface area (Å²) in [6, 6.07) is 0. The van der Waals surface area contributed by atoms with Gasteiger partial charge in [-0.1, -0.05) is 13.8 Å². The lowest BCUT2D eigenvalue weighted by atomic mass is 10.2. The van der Waals surface area contributed by atoms with Crippen LogP contribution in [-0.2, 0) is 6.54 Å². The van der Waals surface area contributed by atoms with Crippen molar-refractivity contribution in [1.82, 2.24) is 15.1 Å². The molecule has 0 aliphatic heterocycles. The molecule has 1 aromatic heterocycles. The molecule has 1 aromatic rings. The van der Waals surface area contributed by atoms with Gasteiger partial charge in [0.2, 0.25) is 5.69 Å². The second-order valence-electron chi connectivity index (χ2n) is 4.08. The number of nitro groups is 1. The Morgan fingerprint density at radius 3 is 2.76 bits per heavy atom. The van der Waals surface area contributed by atoms with Gasteiger partial charge in [0, 0.05) is 13.1 Å². The highest BCUT2D eigenvalue weighted by molar-refractivity contribution is 5.96. The zero-order valence-corrected chi connectivity index (χ0v) is 10.1. The summed E-state index contributed by atoms with van der Waals surface area (Å²) >= 11 is 0. The molecule has 17 heavy (non-hydrogen) atoms. The summed E-state index contributed by atoms with van der Waals surface area (Å²) in [5.41, 5.74) is -0.384. The maximum Gasteiger partial charge on any atom is 0.320 e. The minimum absolute atomic E-state index is 0.127. The van der Waals surface area contributed by atoms with Crippen LogP contribution in [0.4, 0.5) is 5.69 Å². The summed E-state index contributed by atoms with van der Waals surface area (Å²) in [5.74, 6) is -0.219. The predicted molar refractivity (Wildman–Crippen MR) is 61.7 cm³/mol. The molecule has 0 fully saturated rings. The first-order chi connectivity index (χ1) is 7.95. The van der Waals surface area contributed by atoms with E-state index in [-0.39, 0.29) is 17.3 Å². The van der Waals surface area contributed by atoms with Crippen molar-refractivity contribution in [2.75, 3.05) is 6.54 Å². The van der Waals surface area contributed by atoms with E-state index < -0.39 is 10.8 Å². The van der Waals surface area contributed by atoms with Gasteiger partial charge in [0.1, 0.15) is 6.20 Å². The number of hydrogen-bond donors (Lipinski definition) is 1. The molecule has 94 valence electrons. The predicted octanol–water partition coefficient (Wildman–Crippen LogP) is 1.20. The van der Waals surface area contributed by atoms with Crippen molar-refractivity contribution in [1.29, 1.82) is 0 Å². The fourth-order valence-electron chi connectivity index (χ4n) is 1.25. The first-order valence-electron chi connectivity index (χ1n) is 5.45. The summed E-state index contributed by atoms with van der Waals surface area (Å²) in [5, 5.41) is 17.3. The number of hydrogen-bond acceptors (Lipinski definition) is 4. The first kappa shape index (κ1) is 13.1. The Bertz CT molecular complexity index is 425. The Morgan fingerprint density at radius 1 is 1.65 bits per heavy atom. The van der Waals surface area contributed by atoms with Gasteiger partial charge in [0.15, 0.2) is 0 Å². The van der Waals surface area contributed by atoms with Crippen LogP contribution in [0.3, 0.4) is 0 Å². The molecular formula is C10H16N4O3. The van der Waals surface area contributed by atoms with Gasteiger partial charge in [-0.15, -0.1) is 0 Å². The van der Waals surface area contributed by atoms with Crippen molar-refractivity contribution in [2.24, 2.45) is 5.92 Å². The number of carbonyl (C=O) groups excluding carboxylic acids is 1. The molecular weight excluding hydrogens is 224 g/mol. The largest absolute Gasteiger partial charge is 0.350 e. The molecule has 1 N–H and O–H groups in total. The average Bonchev–Trinajstić information content (AvgIpc) is 2.69. The molecule has 0 bridgehead atoms. The average molecular weight is 240 g/mol. The second kappa shape index (κ2) is 5.42. The van der Waals surface area contributed by atoms with Crippen molar-refractivity contribution in [3.05, 3.63) is 22.0 Å². The number of amides is 1. The molecule has 1 heterocycles. The number of aryl methyl sites for hydroxylation is 1. The highest BCUT2D eigenvalue weighted by Gasteiger charge is 2.25. The summed E-state index contributed by atoms with van der Waals surface area (Å²) in [7, 11) is 0. The zero-order chi connectivity index (χ0) is 13.0. The molecule has 1 rings (SSSR count). The van der Waals surface area contributed by atoms with E-state index in [0.29, 0.717) is 13.1 Å². The molecule has 0 spiro atoms. The number of rotatable bonds is 5. The van der Waals surface area contributed by atoms with Crippen LogP contribution in [0.2, 0.25) is 0 Å². The van der Waals surface area contributed by atoms with E-state index in [2.05, 4.69) is 10.4 Å². The highest BCUT2D eigenvalue weighted by atomic mass is 16.6. The maximum atomic E-state index is 11.7. The molecule has 0 atom stereocenters. The van der Waals surface area contributed by atoms with Crippen LogP contribution in [0.25, 0.3) is 0 Å². The van der Waals surface area contributed by atoms with E-state index in [9.17, 15) is 14.9 Å². The topological polar surface area (TPSA) is 90.1 Å². The quantitative estimate of drug-likeness (QED) is 0.618. The van der Waals surface area contributed by atoms with Crippen LogP contribution in [0.15, 0.2) is 6.20 Å². The van der Waals surface area contributed by atoms with Crippen LogP contribution >= 0.6 is 0 Å². The minimum Gasteiger partial charge on any atom is -0.350 e. The fraction of sp³-hybridized carbons (Fsp3) is 0.600. The van der Waals surface area contributed by atoms with Crippen LogP contribution in [0, 0.1) is 16.0 Å². The Morgan fingerprint density at radius 2 is 2.29 bits per heavy atom. The van der Waals surface area contributed by atoms with E-state index in [1.807, 2.05) is 13.8 Å². The van der Waals surface area contributed by atoms with Gasteiger partial charge in [-0.3, -0.25) is 19.6 Å². The lowest BCUT2D eigenvalue weighted by molar-refractivity contribution is -0.385. The maximum absolute atomic E-state index is 11.7. The number of carbonyl (C=O) groups is 1. The van der Waals surface area contributed by atoms with Gasteiger partial charge < -0.3 is 5.32 Å². The zero-order valence-electron chi connectivity index (χ0n) is 10.1. The van der Waals surface area contributed by atoms with Crippen LogP contribution in [0.1, 0.15) is 31.3 Å². The van der Waals surface area contributed by atoms with Gasteiger partial charge in [-0.25, -0.2) is 0 Å². The van der Waals surface area contributed by atoms with Gasteiger partial charge in [-0.2, -0.15) is 5.10 Å². The molecule has 0 aromatic carbocycles. The van der Waals surface area contributed by atoms with Crippen LogP contribution in [-0.4, -0.2) is 27.2 Å². The fourth-order valence-corrected chi connectivity index (χ4v) is 1.25. The molecule has 0 aliphatic carbocycles. The molecule has 7 nitrogen and oxygen atoms in total. The van der Waals surface area contributed by atoms with Gasteiger partial charge in [0.05, 0.1) is 4.92 Å². The molecule has 0 unspecified atom stereocenters. The first-order valence-corrected chi connectivity index (χ1v) is 5.45. The smallest absolute Gasteiger partial charge is 0.320 e. The van der Waals surface area contributed by atoms with Crippen molar-refractivity contribution < 1.29 is 9.72 Å². The van der Waals surface area contributed by atoms with Crippen molar-refractivity contribution in [3.8, 4) is 0 Å². The number of nitrogens with zero attached hydrogens (tertiary/aromatic N) is 3. The Kier molecular flexibility index (Phi) is 4.19. The lowest BCUT2D eigenvalue weighted by Gasteiger charge is -2.05. The Balaban J connectivity index is 2.91. The summed E-state index contributed by atoms with van der Waals surface area (Å²) in [4.78, 5) is 21.9. The van der Waals surface area contributed by atoms with Crippen LogP contribution < -0.4 is 5.32 Å². The highest BCUT2D eigenvalue weighted by Crippen LogP contribution is 2.16. The van der Waals surface area contributed by atoms with Crippen LogP contribution in [0.5, 0.6) is 0 Å². The summed E-state index contributed by atoms with van der Waals surface area (Å²) in [6.45, 7) is 6.64. The second-order valence-corrected chi connectivity index (χ2v) is 4.08. The van der Waals surface area contributed by atoms with Gasteiger partial charge in [-0.05, 0) is 12.8 Å². The third-order valence-corrected chi connectivity index (χ3v) is 2.15.